The van der Waals surface area contributed by atoms with Crippen molar-refractivity contribution in [1.29, 1.82) is 0 Å². The largest absolute Gasteiger partial charge is 0.422 e. The maximum Gasteiger partial charge on any atom is 0.345 e. The van der Waals surface area contributed by atoms with E-state index in [-0.39, 0.29) is 24.2 Å². The van der Waals surface area contributed by atoms with Crippen LogP contribution < -0.4 is 16.5 Å². The highest BCUT2D eigenvalue weighted by Crippen LogP contribution is 2.30. The molecule has 6 rings (SSSR count). The molecule has 4 aromatic heterocycles. The van der Waals surface area contributed by atoms with E-state index < -0.39 is 11.4 Å². The first-order valence-electron chi connectivity index (χ1n) is 11.9. The zero-order valence-corrected chi connectivity index (χ0v) is 19.3. The number of aromatic amines is 1. The average Bonchev–Trinajstić information content (AvgIpc) is 3.33. The molecule has 0 bridgehead atoms. The molecule has 3 N–H and O–H groups in total. The molecule has 0 atom stereocenters. The van der Waals surface area contributed by atoms with E-state index >= 15 is 0 Å². The molecule has 1 aromatic carbocycles. The van der Waals surface area contributed by atoms with E-state index in [1.165, 1.54) is 24.4 Å². The molecule has 0 amide bonds. The van der Waals surface area contributed by atoms with Gasteiger partial charge in [0.2, 0.25) is 0 Å². The van der Waals surface area contributed by atoms with E-state index in [1.54, 1.807) is 22.9 Å². The number of fused-ring (bicyclic) bond motifs is 4. The summed E-state index contributed by atoms with van der Waals surface area (Å²) < 4.78 is 20.9. The summed E-state index contributed by atoms with van der Waals surface area (Å²) in [6.07, 6.45) is 6.22. The van der Waals surface area contributed by atoms with E-state index in [0.717, 1.165) is 31.4 Å². The van der Waals surface area contributed by atoms with Crippen LogP contribution in [-0.2, 0) is 13.2 Å². The molecular weight excluding hydrogens is 465 g/mol. The molecule has 1 fully saturated rings. The Hall–Kier alpha value is -3.89. The molecule has 1 aliphatic carbocycles. The van der Waals surface area contributed by atoms with Gasteiger partial charge in [0.25, 0.3) is 5.56 Å². The Morgan fingerprint density at radius 3 is 2.69 bits per heavy atom. The van der Waals surface area contributed by atoms with Gasteiger partial charge in [-0.05, 0) is 61.6 Å². The molecule has 0 unspecified atom stereocenters. The smallest absolute Gasteiger partial charge is 0.345 e. The molecule has 0 radical (unpaired) electrons. The molecule has 184 valence electrons. The first kappa shape index (κ1) is 22.6. The second-order valence-corrected chi connectivity index (χ2v) is 9.31. The van der Waals surface area contributed by atoms with Gasteiger partial charge in [0, 0.05) is 35.9 Å². The van der Waals surface area contributed by atoms with Crippen molar-refractivity contribution in [2.75, 3.05) is 0 Å². The molecule has 5 aromatic rings. The molecule has 0 aliphatic heterocycles. The van der Waals surface area contributed by atoms with Crippen LogP contribution in [0.15, 0.2) is 56.7 Å². The van der Waals surface area contributed by atoms with Crippen molar-refractivity contribution in [1.82, 2.24) is 24.8 Å². The topological polar surface area (TPSA) is 126 Å². The fourth-order valence-corrected chi connectivity index (χ4v) is 5.24. The van der Waals surface area contributed by atoms with Crippen LogP contribution >= 0.6 is 0 Å². The van der Waals surface area contributed by atoms with E-state index in [1.807, 2.05) is 0 Å². The molecule has 1 saturated carbocycles. The van der Waals surface area contributed by atoms with Crippen LogP contribution in [0.25, 0.3) is 33.0 Å². The fraction of sp³-hybridized carbons (Fsp3) is 0.308. The number of aliphatic hydroxyl groups excluding tert-OH is 1. The summed E-state index contributed by atoms with van der Waals surface area (Å²) in [4.78, 5) is 36.7. The van der Waals surface area contributed by atoms with E-state index in [0.29, 0.717) is 45.1 Å². The van der Waals surface area contributed by atoms with Gasteiger partial charge >= 0.3 is 5.63 Å². The van der Waals surface area contributed by atoms with E-state index in [9.17, 15) is 19.1 Å². The third kappa shape index (κ3) is 3.98. The lowest BCUT2D eigenvalue weighted by atomic mass is 9.90. The standard InChI is InChI=1S/C26H24FN5O4/c27-15-1-6-22-19(8-15)24-20(26(35)36-22)9-17(31-24)11-28-16-2-4-18(5-3-16)32-21-7-14(13-33)10-29-25(21)30-12-23(32)34/h1,6-10,12,16,18,28,31,33H,2-5,11,13H2. The Bertz CT molecular complexity index is 1720. The Morgan fingerprint density at radius 1 is 1.08 bits per heavy atom. The summed E-state index contributed by atoms with van der Waals surface area (Å²) in [6.45, 7) is 0.366. The number of aliphatic hydroxyl groups is 1. The van der Waals surface area contributed by atoms with Gasteiger partial charge in [-0.25, -0.2) is 19.2 Å². The molecule has 9 nitrogen and oxygen atoms in total. The van der Waals surface area contributed by atoms with Crippen LogP contribution in [0.3, 0.4) is 0 Å². The number of hydrogen-bond acceptors (Lipinski definition) is 7. The Kier molecular flexibility index (Phi) is 5.62. The lowest BCUT2D eigenvalue weighted by molar-refractivity contribution is 0.280. The molecule has 4 heterocycles. The number of benzene rings is 1. The van der Waals surface area contributed by atoms with Gasteiger partial charge in [-0.1, -0.05) is 0 Å². The molecule has 1 aliphatic rings. The lowest BCUT2D eigenvalue weighted by Crippen LogP contribution is -2.36. The van der Waals surface area contributed by atoms with Crippen molar-refractivity contribution in [2.45, 2.75) is 50.9 Å². The van der Waals surface area contributed by atoms with Crippen molar-refractivity contribution in [3.63, 3.8) is 0 Å². The number of aromatic nitrogens is 4. The van der Waals surface area contributed by atoms with Crippen molar-refractivity contribution >= 4 is 33.0 Å². The first-order valence-corrected chi connectivity index (χ1v) is 11.9. The number of nitrogens with zero attached hydrogens (tertiary/aromatic N) is 3. The van der Waals surface area contributed by atoms with Gasteiger partial charge in [-0.15, -0.1) is 0 Å². The predicted octanol–water partition coefficient (Wildman–Crippen LogP) is 3.28. The van der Waals surface area contributed by atoms with E-state index in [2.05, 4.69) is 20.3 Å². The third-order valence-electron chi connectivity index (χ3n) is 7.03. The maximum absolute atomic E-state index is 13.8. The van der Waals surface area contributed by atoms with Crippen LogP contribution in [0.5, 0.6) is 0 Å². The second-order valence-electron chi connectivity index (χ2n) is 9.31. The van der Waals surface area contributed by atoms with Crippen molar-refractivity contribution < 1.29 is 13.9 Å². The van der Waals surface area contributed by atoms with E-state index in [4.69, 9.17) is 4.42 Å². The van der Waals surface area contributed by atoms with Crippen molar-refractivity contribution in [3.05, 3.63) is 80.6 Å². The first-order chi connectivity index (χ1) is 17.5. The quantitative estimate of drug-likeness (QED) is 0.324. The van der Waals surface area contributed by atoms with Crippen LogP contribution in [-0.4, -0.2) is 30.7 Å². The summed E-state index contributed by atoms with van der Waals surface area (Å²) in [7, 11) is 0. The molecule has 36 heavy (non-hydrogen) atoms. The number of halogens is 1. The van der Waals surface area contributed by atoms with Crippen LogP contribution in [0.1, 0.15) is 43.0 Å². The molecule has 0 spiro atoms. The lowest BCUT2D eigenvalue weighted by Gasteiger charge is -2.31. The Balaban J connectivity index is 1.18. The van der Waals surface area contributed by atoms with Gasteiger partial charge in [0.1, 0.15) is 11.4 Å². The number of H-pyrrole nitrogens is 1. The van der Waals surface area contributed by atoms with Crippen LogP contribution in [0, 0.1) is 5.82 Å². The highest BCUT2D eigenvalue weighted by molar-refractivity contribution is 6.02. The summed E-state index contributed by atoms with van der Waals surface area (Å²) in [6, 6.07) is 7.88. The van der Waals surface area contributed by atoms with Crippen LogP contribution in [0.4, 0.5) is 4.39 Å². The molecular formula is C26H24FN5O4. The third-order valence-corrected chi connectivity index (χ3v) is 7.03. The summed E-state index contributed by atoms with van der Waals surface area (Å²) >= 11 is 0. The fourth-order valence-electron chi connectivity index (χ4n) is 5.24. The minimum absolute atomic E-state index is 0.0239. The van der Waals surface area contributed by atoms with Crippen molar-refractivity contribution in [2.24, 2.45) is 0 Å². The second kappa shape index (κ2) is 8.96. The number of rotatable bonds is 5. The van der Waals surface area contributed by atoms with Gasteiger partial charge in [-0.3, -0.25) is 4.79 Å². The van der Waals surface area contributed by atoms with Gasteiger partial charge in [0.05, 0.1) is 29.2 Å². The molecule has 10 heteroatoms. The maximum atomic E-state index is 13.8. The monoisotopic (exact) mass is 489 g/mol. The number of hydrogen-bond donors (Lipinski definition) is 3. The van der Waals surface area contributed by atoms with Gasteiger partial charge < -0.3 is 24.4 Å². The number of pyridine rings is 1. The van der Waals surface area contributed by atoms with Crippen LogP contribution in [0.2, 0.25) is 0 Å². The Labute approximate surface area is 203 Å². The predicted molar refractivity (Wildman–Crippen MR) is 132 cm³/mol. The van der Waals surface area contributed by atoms with Crippen molar-refractivity contribution in [3.8, 4) is 0 Å². The minimum atomic E-state index is -0.457. The zero-order chi connectivity index (χ0) is 24.8. The zero-order valence-electron chi connectivity index (χ0n) is 19.3. The van der Waals surface area contributed by atoms with Gasteiger partial charge in [-0.2, -0.15) is 0 Å². The minimum Gasteiger partial charge on any atom is -0.422 e. The summed E-state index contributed by atoms with van der Waals surface area (Å²) in [5, 5.41) is 13.9. The average molecular weight is 490 g/mol. The Morgan fingerprint density at radius 2 is 1.89 bits per heavy atom. The normalized spacial score (nSPS) is 18.4. The SMILES string of the molecule is O=c1oc2ccc(F)cc2c2[nH]c(CNC3CCC(n4c(=O)cnc5ncc(CO)cc54)CC3)cc12. The van der Waals surface area contributed by atoms with Gasteiger partial charge in [0.15, 0.2) is 5.65 Å². The summed E-state index contributed by atoms with van der Waals surface area (Å²) in [5.41, 5.74) is 2.87. The highest BCUT2D eigenvalue weighted by atomic mass is 19.1. The highest BCUT2D eigenvalue weighted by Gasteiger charge is 2.24. The summed E-state index contributed by atoms with van der Waals surface area (Å²) in [5.74, 6) is -0.395. The molecule has 0 saturated heterocycles. The number of nitrogens with one attached hydrogen (secondary N) is 2.